The molecule has 0 fully saturated rings. The fraction of sp³-hybridized carbons (Fsp3) is 0.176. The normalized spacial score (nSPS) is 12.7. The fourth-order valence-corrected chi connectivity index (χ4v) is 2.60. The second kappa shape index (κ2) is 5.43. The van der Waals surface area contributed by atoms with E-state index in [4.69, 9.17) is 11.6 Å². The molecule has 106 valence electrons. The molecule has 4 heteroatoms. The lowest BCUT2D eigenvalue weighted by atomic mass is 10.0. The Morgan fingerprint density at radius 3 is 2.71 bits per heavy atom. The summed E-state index contributed by atoms with van der Waals surface area (Å²) in [6, 6.07) is 10.8. The van der Waals surface area contributed by atoms with E-state index in [0.717, 1.165) is 10.9 Å². The maximum Gasteiger partial charge on any atom is 0.195 e. The summed E-state index contributed by atoms with van der Waals surface area (Å²) in [5.41, 5.74) is 1.24. The van der Waals surface area contributed by atoms with Gasteiger partial charge in [-0.25, -0.2) is 0 Å². The van der Waals surface area contributed by atoms with Crippen LogP contribution in [-0.4, -0.2) is 10.1 Å². The Morgan fingerprint density at radius 1 is 1.19 bits per heavy atom. The maximum atomic E-state index is 12.7. The Labute approximate surface area is 126 Å². The number of aromatic nitrogens is 1. The highest BCUT2D eigenvalue weighted by molar-refractivity contribution is 6.31. The van der Waals surface area contributed by atoms with Crippen molar-refractivity contribution in [2.24, 2.45) is 0 Å². The van der Waals surface area contributed by atoms with Crippen LogP contribution in [-0.2, 0) is 0 Å². The molecule has 1 aromatic heterocycles. The Hall–Kier alpha value is -1.97. The average molecular weight is 300 g/mol. The molecule has 3 rings (SSSR count). The van der Waals surface area contributed by atoms with Gasteiger partial charge in [-0.15, -0.1) is 0 Å². The molecule has 3 nitrogen and oxygen atoms in total. The Bertz CT molecular complexity index is 892. The minimum absolute atomic E-state index is 0.120. The fourth-order valence-electron chi connectivity index (χ4n) is 2.44. The van der Waals surface area contributed by atoms with Crippen molar-refractivity contribution in [3.63, 3.8) is 0 Å². The number of hydrogen-bond acceptors (Lipinski definition) is 3. The Balaban J connectivity index is 2.43. The number of pyridine rings is 1. The van der Waals surface area contributed by atoms with Crippen molar-refractivity contribution in [3.8, 4) is 0 Å². The van der Waals surface area contributed by atoms with Gasteiger partial charge in [0.05, 0.1) is 16.6 Å². The van der Waals surface area contributed by atoms with Crippen LogP contribution in [0.5, 0.6) is 0 Å². The van der Waals surface area contributed by atoms with Crippen molar-refractivity contribution in [2.75, 3.05) is 0 Å². The highest BCUT2D eigenvalue weighted by atomic mass is 35.5. The van der Waals surface area contributed by atoms with Gasteiger partial charge >= 0.3 is 0 Å². The molecule has 0 aliphatic heterocycles. The molecule has 0 bridgehead atoms. The zero-order chi connectivity index (χ0) is 15.0. The van der Waals surface area contributed by atoms with Crippen molar-refractivity contribution >= 4 is 33.3 Å². The summed E-state index contributed by atoms with van der Waals surface area (Å²) in [4.78, 5) is 16.9. The molecule has 1 atom stereocenters. The summed E-state index contributed by atoms with van der Waals surface area (Å²) < 4.78 is 0. The first kappa shape index (κ1) is 14.0. The zero-order valence-electron chi connectivity index (χ0n) is 11.5. The van der Waals surface area contributed by atoms with E-state index in [1.54, 1.807) is 12.1 Å². The van der Waals surface area contributed by atoms with Gasteiger partial charge in [0.25, 0.3) is 0 Å². The molecule has 1 N–H and O–H groups in total. The number of halogens is 1. The topological polar surface area (TPSA) is 50.2 Å². The standard InChI is InChI=1S/C17H14ClNO2/c1-2-16(20)11-4-3-10-5-6-15-14(8-12(18)9-19-15)17(21)13(10)7-11/h3-9,16,20H,2H2,1H3. The molecular weight excluding hydrogens is 286 g/mol. The van der Waals surface area contributed by atoms with Gasteiger partial charge in [0.15, 0.2) is 5.43 Å². The van der Waals surface area contributed by atoms with E-state index < -0.39 is 6.10 Å². The van der Waals surface area contributed by atoms with E-state index in [2.05, 4.69) is 4.98 Å². The first-order valence-corrected chi connectivity index (χ1v) is 7.18. The number of benzene rings is 1. The van der Waals surface area contributed by atoms with Crippen molar-refractivity contribution < 1.29 is 5.11 Å². The zero-order valence-corrected chi connectivity index (χ0v) is 12.3. The smallest absolute Gasteiger partial charge is 0.195 e. The minimum atomic E-state index is -0.563. The highest BCUT2D eigenvalue weighted by Gasteiger charge is 2.09. The minimum Gasteiger partial charge on any atom is -0.388 e. The summed E-state index contributed by atoms with van der Waals surface area (Å²) in [5.74, 6) is 0. The highest BCUT2D eigenvalue weighted by Crippen LogP contribution is 2.22. The number of fused-ring (bicyclic) bond motifs is 2. The van der Waals surface area contributed by atoms with Crippen LogP contribution in [0.15, 0.2) is 47.4 Å². The molecule has 0 aliphatic carbocycles. The van der Waals surface area contributed by atoms with Crippen LogP contribution in [0.3, 0.4) is 0 Å². The summed E-state index contributed by atoms with van der Waals surface area (Å²) in [6.45, 7) is 1.90. The third-order valence-corrected chi connectivity index (χ3v) is 3.85. The number of aliphatic hydroxyl groups excluding tert-OH is 1. The van der Waals surface area contributed by atoms with Crippen LogP contribution in [0.2, 0.25) is 5.02 Å². The predicted octanol–water partition coefficient (Wildman–Crippen LogP) is 3.85. The van der Waals surface area contributed by atoms with Crippen molar-refractivity contribution in [1.29, 1.82) is 0 Å². The van der Waals surface area contributed by atoms with Crippen LogP contribution >= 0.6 is 11.6 Å². The number of rotatable bonds is 2. The third-order valence-electron chi connectivity index (χ3n) is 3.64. The van der Waals surface area contributed by atoms with Crippen LogP contribution in [0.1, 0.15) is 25.0 Å². The van der Waals surface area contributed by atoms with Crippen LogP contribution < -0.4 is 5.43 Å². The third kappa shape index (κ3) is 2.50. The average Bonchev–Trinajstić information content (AvgIpc) is 2.64. The van der Waals surface area contributed by atoms with Crippen molar-refractivity contribution in [2.45, 2.75) is 19.4 Å². The summed E-state index contributed by atoms with van der Waals surface area (Å²) >= 11 is 5.95. The lowest BCUT2D eigenvalue weighted by molar-refractivity contribution is 0.174. The molecule has 0 saturated heterocycles. The Kier molecular flexibility index (Phi) is 3.62. The lowest BCUT2D eigenvalue weighted by Gasteiger charge is -2.07. The van der Waals surface area contributed by atoms with E-state index in [-0.39, 0.29) is 5.43 Å². The molecule has 0 amide bonds. The summed E-state index contributed by atoms with van der Waals surface area (Å²) in [5, 5.41) is 12.3. The van der Waals surface area contributed by atoms with Gasteiger partial charge in [-0.3, -0.25) is 9.78 Å². The molecule has 3 aromatic rings. The van der Waals surface area contributed by atoms with Gasteiger partial charge in [0.1, 0.15) is 0 Å². The maximum absolute atomic E-state index is 12.7. The predicted molar refractivity (Wildman–Crippen MR) is 85.8 cm³/mol. The van der Waals surface area contributed by atoms with Crippen LogP contribution in [0.4, 0.5) is 0 Å². The quantitative estimate of drug-likeness (QED) is 0.782. The van der Waals surface area contributed by atoms with E-state index in [1.165, 1.54) is 6.20 Å². The monoisotopic (exact) mass is 299 g/mol. The second-order valence-corrected chi connectivity index (χ2v) is 5.46. The summed E-state index contributed by atoms with van der Waals surface area (Å²) in [6.07, 6.45) is 1.57. The van der Waals surface area contributed by atoms with Crippen molar-refractivity contribution in [1.82, 2.24) is 4.98 Å². The van der Waals surface area contributed by atoms with E-state index in [9.17, 15) is 9.90 Å². The van der Waals surface area contributed by atoms with Crippen LogP contribution in [0.25, 0.3) is 21.7 Å². The molecule has 2 aromatic carbocycles. The molecule has 21 heavy (non-hydrogen) atoms. The first-order valence-electron chi connectivity index (χ1n) is 6.80. The van der Waals surface area contributed by atoms with Gasteiger partial charge in [0.2, 0.25) is 0 Å². The van der Waals surface area contributed by atoms with Crippen molar-refractivity contribution in [3.05, 3.63) is 63.4 Å². The lowest BCUT2D eigenvalue weighted by Crippen LogP contribution is -2.01. The van der Waals surface area contributed by atoms with E-state index >= 15 is 0 Å². The van der Waals surface area contributed by atoms with Gasteiger partial charge in [-0.05, 0) is 35.6 Å². The molecule has 0 saturated carbocycles. The number of aliphatic hydroxyl groups is 1. The molecule has 1 heterocycles. The van der Waals surface area contributed by atoms with Gasteiger partial charge in [0, 0.05) is 17.0 Å². The molecule has 0 spiro atoms. The Morgan fingerprint density at radius 2 is 1.95 bits per heavy atom. The largest absolute Gasteiger partial charge is 0.388 e. The number of hydrogen-bond donors (Lipinski definition) is 1. The van der Waals surface area contributed by atoms with Gasteiger partial charge < -0.3 is 5.11 Å². The van der Waals surface area contributed by atoms with Gasteiger partial charge in [-0.2, -0.15) is 0 Å². The first-order chi connectivity index (χ1) is 10.1. The molecule has 1 unspecified atom stereocenters. The summed E-state index contributed by atoms with van der Waals surface area (Å²) in [7, 11) is 0. The molecule has 0 aliphatic rings. The molecule has 0 radical (unpaired) electrons. The SMILES string of the molecule is CCC(O)c1ccc2ccc3ncc(Cl)cc3c(=O)c2c1. The van der Waals surface area contributed by atoms with E-state index in [0.29, 0.717) is 27.7 Å². The van der Waals surface area contributed by atoms with Crippen LogP contribution in [0, 0.1) is 0 Å². The van der Waals surface area contributed by atoms with E-state index in [1.807, 2.05) is 31.2 Å². The second-order valence-electron chi connectivity index (χ2n) is 5.02. The molecular formula is C17H14ClNO2. The number of nitrogens with zero attached hydrogens (tertiary/aromatic N) is 1. The van der Waals surface area contributed by atoms with Gasteiger partial charge in [-0.1, -0.05) is 36.7 Å².